The minimum absolute atomic E-state index is 0.124. The number of nitrogens with one attached hydrogen (secondary N) is 1. The Morgan fingerprint density at radius 2 is 2.11 bits per heavy atom. The third-order valence-electron chi connectivity index (χ3n) is 3.86. The van der Waals surface area contributed by atoms with Gasteiger partial charge in [0.2, 0.25) is 0 Å². The normalized spacial score (nSPS) is 24.2. The second-order valence-electron chi connectivity index (χ2n) is 5.34. The molecule has 0 amide bonds. The van der Waals surface area contributed by atoms with Crippen molar-refractivity contribution in [2.75, 3.05) is 6.54 Å². The van der Waals surface area contributed by atoms with Crippen molar-refractivity contribution in [3.05, 3.63) is 35.1 Å². The van der Waals surface area contributed by atoms with Gasteiger partial charge in [0.25, 0.3) is 0 Å². The van der Waals surface area contributed by atoms with Gasteiger partial charge in [0.05, 0.1) is 0 Å². The topological polar surface area (TPSA) is 38.0 Å². The van der Waals surface area contributed by atoms with Crippen LogP contribution in [0, 0.1) is 12.7 Å². The Labute approximate surface area is 109 Å². The van der Waals surface area contributed by atoms with E-state index in [9.17, 15) is 4.39 Å². The molecule has 0 saturated heterocycles. The summed E-state index contributed by atoms with van der Waals surface area (Å²) >= 11 is 0. The molecule has 0 bridgehead atoms. The SMILES string of the molecule is Cc1cc(CCNC2CCCCC2N)ccc1F. The maximum absolute atomic E-state index is 13.1. The molecular weight excluding hydrogens is 227 g/mol. The Balaban J connectivity index is 1.79. The zero-order valence-electron chi connectivity index (χ0n) is 11.1. The van der Waals surface area contributed by atoms with E-state index in [1.807, 2.05) is 19.1 Å². The molecule has 3 heteroatoms. The van der Waals surface area contributed by atoms with Crippen molar-refractivity contribution < 1.29 is 4.39 Å². The predicted molar refractivity (Wildman–Crippen MR) is 73.1 cm³/mol. The first-order chi connectivity index (χ1) is 8.66. The van der Waals surface area contributed by atoms with Crippen molar-refractivity contribution >= 4 is 0 Å². The van der Waals surface area contributed by atoms with Gasteiger partial charge in [-0.2, -0.15) is 0 Å². The van der Waals surface area contributed by atoms with Crippen LogP contribution in [0.4, 0.5) is 4.39 Å². The monoisotopic (exact) mass is 250 g/mol. The molecule has 0 aliphatic heterocycles. The minimum atomic E-state index is -0.124. The number of hydrogen-bond donors (Lipinski definition) is 2. The fraction of sp³-hybridized carbons (Fsp3) is 0.600. The molecule has 3 N–H and O–H groups in total. The van der Waals surface area contributed by atoms with Crippen molar-refractivity contribution in [3.63, 3.8) is 0 Å². The first-order valence-electron chi connectivity index (χ1n) is 6.91. The lowest BCUT2D eigenvalue weighted by molar-refractivity contribution is 0.329. The fourth-order valence-corrected chi connectivity index (χ4v) is 2.68. The van der Waals surface area contributed by atoms with E-state index in [0.717, 1.165) is 24.9 Å². The standard InChI is InChI=1S/C15H23FN2/c1-11-10-12(6-7-13(11)16)8-9-18-15-5-3-2-4-14(15)17/h6-7,10,14-15,18H,2-5,8-9,17H2,1H3. The third kappa shape index (κ3) is 3.53. The molecule has 0 spiro atoms. The molecule has 2 rings (SSSR count). The molecule has 1 aliphatic rings. The summed E-state index contributed by atoms with van der Waals surface area (Å²) in [5.74, 6) is -0.124. The summed E-state index contributed by atoms with van der Waals surface area (Å²) in [5, 5.41) is 3.54. The van der Waals surface area contributed by atoms with Crippen molar-refractivity contribution in [3.8, 4) is 0 Å². The maximum Gasteiger partial charge on any atom is 0.126 e. The summed E-state index contributed by atoms with van der Waals surface area (Å²) in [4.78, 5) is 0. The molecule has 1 fully saturated rings. The number of rotatable bonds is 4. The Morgan fingerprint density at radius 1 is 1.33 bits per heavy atom. The highest BCUT2D eigenvalue weighted by Crippen LogP contribution is 2.17. The maximum atomic E-state index is 13.1. The molecule has 2 nitrogen and oxygen atoms in total. The highest BCUT2D eigenvalue weighted by atomic mass is 19.1. The lowest BCUT2D eigenvalue weighted by atomic mass is 9.91. The van der Waals surface area contributed by atoms with E-state index >= 15 is 0 Å². The number of aryl methyl sites for hydroxylation is 1. The summed E-state index contributed by atoms with van der Waals surface area (Å²) in [6, 6.07) is 6.11. The van der Waals surface area contributed by atoms with Gasteiger partial charge in [-0.3, -0.25) is 0 Å². The molecule has 0 aromatic heterocycles. The third-order valence-corrected chi connectivity index (χ3v) is 3.86. The van der Waals surface area contributed by atoms with Gasteiger partial charge in [-0.1, -0.05) is 25.0 Å². The van der Waals surface area contributed by atoms with Gasteiger partial charge >= 0.3 is 0 Å². The van der Waals surface area contributed by atoms with E-state index in [2.05, 4.69) is 5.32 Å². The quantitative estimate of drug-likeness (QED) is 0.862. The molecular formula is C15H23FN2. The molecule has 1 aromatic carbocycles. The highest BCUT2D eigenvalue weighted by Gasteiger charge is 2.20. The fourth-order valence-electron chi connectivity index (χ4n) is 2.68. The van der Waals surface area contributed by atoms with E-state index in [1.165, 1.54) is 24.8 Å². The zero-order chi connectivity index (χ0) is 13.0. The number of halogens is 1. The number of hydrogen-bond acceptors (Lipinski definition) is 2. The van der Waals surface area contributed by atoms with Crippen LogP contribution in [0.15, 0.2) is 18.2 Å². The Hall–Kier alpha value is -0.930. The van der Waals surface area contributed by atoms with Crippen LogP contribution in [0.2, 0.25) is 0 Å². The van der Waals surface area contributed by atoms with Gasteiger partial charge in [-0.15, -0.1) is 0 Å². The summed E-state index contributed by atoms with van der Waals surface area (Å²) in [7, 11) is 0. The first kappa shape index (κ1) is 13.5. The first-order valence-corrected chi connectivity index (χ1v) is 6.91. The number of nitrogens with two attached hydrogens (primary N) is 1. The summed E-state index contributed by atoms with van der Waals surface area (Å²) in [6.07, 6.45) is 5.79. The molecule has 0 radical (unpaired) electrons. The minimum Gasteiger partial charge on any atom is -0.326 e. The van der Waals surface area contributed by atoms with Gasteiger partial charge in [0.1, 0.15) is 5.82 Å². The van der Waals surface area contributed by atoms with E-state index in [4.69, 9.17) is 5.73 Å². The van der Waals surface area contributed by atoms with Crippen LogP contribution in [0.5, 0.6) is 0 Å². The van der Waals surface area contributed by atoms with Crippen LogP contribution in [-0.4, -0.2) is 18.6 Å². The van der Waals surface area contributed by atoms with Crippen LogP contribution in [0.3, 0.4) is 0 Å². The predicted octanol–water partition coefficient (Wildman–Crippen LogP) is 2.54. The van der Waals surface area contributed by atoms with Crippen LogP contribution in [0.1, 0.15) is 36.8 Å². The van der Waals surface area contributed by atoms with Gasteiger partial charge in [0.15, 0.2) is 0 Å². The van der Waals surface area contributed by atoms with E-state index in [0.29, 0.717) is 12.1 Å². The lowest BCUT2D eigenvalue weighted by Crippen LogP contribution is -2.47. The molecule has 1 saturated carbocycles. The van der Waals surface area contributed by atoms with Gasteiger partial charge in [0, 0.05) is 12.1 Å². The van der Waals surface area contributed by atoms with Gasteiger partial charge < -0.3 is 11.1 Å². The van der Waals surface area contributed by atoms with Crippen LogP contribution < -0.4 is 11.1 Å². The van der Waals surface area contributed by atoms with Crippen molar-refractivity contribution in [2.45, 2.75) is 51.1 Å². The highest BCUT2D eigenvalue weighted by molar-refractivity contribution is 5.24. The largest absolute Gasteiger partial charge is 0.326 e. The summed E-state index contributed by atoms with van der Waals surface area (Å²) < 4.78 is 13.1. The van der Waals surface area contributed by atoms with Gasteiger partial charge in [-0.25, -0.2) is 4.39 Å². The van der Waals surface area contributed by atoms with Crippen molar-refractivity contribution in [1.82, 2.24) is 5.32 Å². The zero-order valence-corrected chi connectivity index (χ0v) is 11.1. The van der Waals surface area contributed by atoms with Crippen LogP contribution in [-0.2, 0) is 6.42 Å². The molecule has 0 heterocycles. The molecule has 2 atom stereocenters. The second-order valence-corrected chi connectivity index (χ2v) is 5.34. The van der Waals surface area contributed by atoms with Crippen LogP contribution in [0.25, 0.3) is 0 Å². The number of benzene rings is 1. The van der Waals surface area contributed by atoms with Crippen molar-refractivity contribution in [2.24, 2.45) is 5.73 Å². The smallest absolute Gasteiger partial charge is 0.126 e. The van der Waals surface area contributed by atoms with E-state index < -0.39 is 0 Å². The van der Waals surface area contributed by atoms with E-state index in [-0.39, 0.29) is 5.82 Å². The van der Waals surface area contributed by atoms with Crippen molar-refractivity contribution in [1.29, 1.82) is 0 Å². The summed E-state index contributed by atoms with van der Waals surface area (Å²) in [6.45, 7) is 2.73. The Bertz CT molecular complexity index is 392. The Kier molecular flexibility index (Phi) is 4.72. The molecule has 100 valence electrons. The molecule has 18 heavy (non-hydrogen) atoms. The summed E-state index contributed by atoms with van der Waals surface area (Å²) in [5.41, 5.74) is 8.00. The average molecular weight is 250 g/mol. The average Bonchev–Trinajstić information content (AvgIpc) is 2.36. The molecule has 1 aliphatic carbocycles. The lowest BCUT2D eigenvalue weighted by Gasteiger charge is -2.29. The van der Waals surface area contributed by atoms with Crippen LogP contribution >= 0.6 is 0 Å². The second kappa shape index (κ2) is 6.30. The van der Waals surface area contributed by atoms with E-state index in [1.54, 1.807) is 6.07 Å². The molecule has 1 aromatic rings. The van der Waals surface area contributed by atoms with Gasteiger partial charge in [-0.05, 0) is 49.9 Å². The Morgan fingerprint density at radius 3 is 2.83 bits per heavy atom. The molecule has 2 unspecified atom stereocenters.